The zero-order valence-corrected chi connectivity index (χ0v) is 22.2. The van der Waals surface area contributed by atoms with Crippen molar-refractivity contribution in [3.05, 3.63) is 0 Å². The highest BCUT2D eigenvalue weighted by molar-refractivity contribution is 5.85. The second-order valence-electron chi connectivity index (χ2n) is 15.3. The molecule has 184 valence electrons. The number of rotatable bonds is 0. The summed E-state index contributed by atoms with van der Waals surface area (Å²) in [7, 11) is 0. The molecule has 9 atom stereocenters. The van der Waals surface area contributed by atoms with Crippen LogP contribution >= 0.6 is 0 Å². The minimum atomic E-state index is -0.200. The van der Waals surface area contributed by atoms with Crippen molar-refractivity contribution in [3.63, 3.8) is 0 Å². The zero-order chi connectivity index (χ0) is 23.8. The minimum Gasteiger partial charge on any atom is -0.461 e. The van der Waals surface area contributed by atoms with Crippen LogP contribution in [0.5, 0.6) is 0 Å². The summed E-state index contributed by atoms with van der Waals surface area (Å²) in [5, 5.41) is 0. The second-order valence-corrected chi connectivity index (χ2v) is 15.3. The van der Waals surface area contributed by atoms with Crippen LogP contribution in [0.4, 0.5) is 0 Å². The Labute approximate surface area is 201 Å². The molecule has 0 radical (unpaired) electrons. The number of ketones is 1. The van der Waals surface area contributed by atoms with Crippen molar-refractivity contribution < 1.29 is 14.3 Å². The Morgan fingerprint density at radius 1 is 0.727 bits per heavy atom. The molecule has 0 aromatic carbocycles. The molecule has 3 heteroatoms. The molecule has 5 saturated carbocycles. The SMILES string of the molecule is CC1(C)CC[C@@]23CC[C@]4(C)C(CCC5[C@@]6(C)CCC(=O)C(C)(C)C6CC[C@]54C)C2C1OC3=O. The predicted molar refractivity (Wildman–Crippen MR) is 129 cm³/mol. The molecule has 3 nitrogen and oxygen atoms in total. The molecule has 1 aliphatic heterocycles. The molecule has 0 N–H and O–H groups in total. The average Bonchev–Trinajstić information content (AvgIpc) is 2.99. The monoisotopic (exact) mass is 454 g/mol. The first-order valence-corrected chi connectivity index (χ1v) is 14.0. The molecule has 6 aliphatic rings. The van der Waals surface area contributed by atoms with Crippen LogP contribution in [0.15, 0.2) is 0 Å². The van der Waals surface area contributed by atoms with Crippen LogP contribution in [0, 0.1) is 56.2 Å². The molecule has 0 spiro atoms. The number of carbonyl (C=O) groups excluding carboxylic acids is 2. The molecule has 6 rings (SSSR count). The number of carbonyl (C=O) groups is 2. The van der Waals surface area contributed by atoms with Gasteiger partial charge < -0.3 is 4.74 Å². The summed E-state index contributed by atoms with van der Waals surface area (Å²) in [6.45, 7) is 17.0. The Bertz CT molecular complexity index is 918. The fraction of sp³-hybridized carbons (Fsp3) is 0.933. The van der Waals surface area contributed by atoms with Gasteiger partial charge in [-0.1, -0.05) is 48.5 Å². The van der Waals surface area contributed by atoms with Gasteiger partial charge >= 0.3 is 5.97 Å². The normalized spacial score (nSPS) is 56.2. The smallest absolute Gasteiger partial charge is 0.312 e. The Morgan fingerprint density at radius 3 is 2.15 bits per heavy atom. The maximum atomic E-state index is 13.3. The van der Waals surface area contributed by atoms with Crippen LogP contribution in [-0.2, 0) is 14.3 Å². The highest BCUT2D eigenvalue weighted by Gasteiger charge is 2.75. The summed E-state index contributed by atoms with van der Waals surface area (Å²) in [5.41, 5.74) is 0.494. The zero-order valence-electron chi connectivity index (χ0n) is 22.2. The molecule has 1 saturated heterocycles. The standard InChI is InChI=1S/C30H46O3/c1-25(2)14-16-30-17-15-28(6)18(22(30)23(25)33-24(30)32)8-9-20-27(5)12-11-21(31)26(3,4)19(27)10-13-29(20,28)7/h18-20,22-23H,8-17H2,1-7H3/t18?,19?,20?,22?,23?,27-,28+,29+,30+/m0/s1. The Morgan fingerprint density at radius 2 is 1.42 bits per heavy atom. The lowest BCUT2D eigenvalue weighted by Gasteiger charge is -2.72. The highest BCUT2D eigenvalue weighted by atomic mass is 16.6. The average molecular weight is 455 g/mol. The number of ether oxygens (including phenoxy) is 1. The predicted octanol–water partition coefficient (Wildman–Crippen LogP) is 6.97. The summed E-state index contributed by atoms with van der Waals surface area (Å²) in [6.07, 6.45) is 11.2. The fourth-order valence-electron chi connectivity index (χ4n) is 11.6. The van der Waals surface area contributed by atoms with Crippen molar-refractivity contribution in [2.75, 3.05) is 0 Å². The first-order valence-electron chi connectivity index (χ1n) is 14.0. The molecular weight excluding hydrogens is 408 g/mol. The van der Waals surface area contributed by atoms with Crippen LogP contribution in [0.1, 0.15) is 113 Å². The van der Waals surface area contributed by atoms with E-state index in [0.717, 1.165) is 32.1 Å². The van der Waals surface area contributed by atoms with E-state index in [2.05, 4.69) is 48.5 Å². The van der Waals surface area contributed by atoms with Crippen molar-refractivity contribution >= 4 is 11.8 Å². The van der Waals surface area contributed by atoms with Crippen LogP contribution in [0.25, 0.3) is 0 Å². The summed E-state index contributed by atoms with van der Waals surface area (Å²) in [5.74, 6) is 2.80. The number of esters is 1. The Hall–Kier alpha value is -0.860. The number of fused-ring (bicyclic) bond motifs is 5. The second kappa shape index (κ2) is 6.28. The van der Waals surface area contributed by atoms with E-state index in [1.165, 1.54) is 32.1 Å². The van der Waals surface area contributed by atoms with Gasteiger partial charge in [-0.3, -0.25) is 9.59 Å². The lowest BCUT2D eigenvalue weighted by Crippen LogP contribution is -2.67. The largest absolute Gasteiger partial charge is 0.461 e. The fourth-order valence-corrected chi connectivity index (χ4v) is 11.6. The van der Waals surface area contributed by atoms with Crippen LogP contribution in [0.3, 0.4) is 0 Å². The summed E-state index contributed by atoms with van der Waals surface area (Å²) in [6, 6.07) is 0. The van der Waals surface area contributed by atoms with E-state index in [0.29, 0.717) is 29.5 Å². The Balaban J connectivity index is 1.42. The number of hydrogen-bond donors (Lipinski definition) is 0. The van der Waals surface area contributed by atoms with Gasteiger partial charge in [0.2, 0.25) is 0 Å². The van der Waals surface area contributed by atoms with Gasteiger partial charge in [-0.15, -0.1) is 0 Å². The van der Waals surface area contributed by atoms with Crippen molar-refractivity contribution in [1.29, 1.82) is 0 Å². The molecule has 6 fully saturated rings. The lowest BCUT2D eigenvalue weighted by molar-refractivity contribution is -0.239. The molecule has 2 bridgehead atoms. The van der Waals surface area contributed by atoms with Crippen molar-refractivity contribution in [2.45, 2.75) is 119 Å². The summed E-state index contributed by atoms with van der Waals surface area (Å²) >= 11 is 0. The number of Topliss-reactive ketones (excluding diaryl/α,β-unsaturated/α-hetero) is 1. The van der Waals surface area contributed by atoms with Crippen LogP contribution in [0.2, 0.25) is 0 Å². The van der Waals surface area contributed by atoms with E-state index < -0.39 is 0 Å². The maximum absolute atomic E-state index is 13.3. The van der Waals surface area contributed by atoms with Crippen molar-refractivity contribution in [2.24, 2.45) is 56.2 Å². The lowest BCUT2D eigenvalue weighted by atomic mass is 9.31. The van der Waals surface area contributed by atoms with E-state index >= 15 is 0 Å². The van der Waals surface area contributed by atoms with Gasteiger partial charge in [0.05, 0.1) is 5.41 Å². The third-order valence-electron chi connectivity index (χ3n) is 13.8. The molecule has 33 heavy (non-hydrogen) atoms. The first-order chi connectivity index (χ1) is 15.2. The van der Waals surface area contributed by atoms with Gasteiger partial charge in [0.15, 0.2) is 0 Å². The van der Waals surface area contributed by atoms with Gasteiger partial charge in [-0.25, -0.2) is 0 Å². The molecule has 5 aliphatic carbocycles. The quantitative estimate of drug-likeness (QED) is 0.371. The third kappa shape index (κ3) is 2.39. The van der Waals surface area contributed by atoms with E-state index in [1.54, 1.807) is 0 Å². The third-order valence-corrected chi connectivity index (χ3v) is 13.8. The number of hydrogen-bond acceptors (Lipinski definition) is 3. The highest BCUT2D eigenvalue weighted by Crippen LogP contribution is 2.77. The van der Waals surface area contributed by atoms with Crippen molar-refractivity contribution in [3.8, 4) is 0 Å². The van der Waals surface area contributed by atoms with Crippen molar-refractivity contribution in [1.82, 2.24) is 0 Å². The van der Waals surface area contributed by atoms with E-state index in [-0.39, 0.29) is 44.6 Å². The van der Waals surface area contributed by atoms with E-state index in [1.807, 2.05) is 0 Å². The molecule has 0 amide bonds. The van der Waals surface area contributed by atoms with Gasteiger partial charge in [0.25, 0.3) is 0 Å². The topological polar surface area (TPSA) is 43.4 Å². The molecule has 0 aromatic rings. The van der Waals surface area contributed by atoms with Gasteiger partial charge in [0, 0.05) is 23.2 Å². The Kier molecular flexibility index (Phi) is 4.30. The molecule has 0 aromatic heterocycles. The molecule has 1 heterocycles. The van der Waals surface area contributed by atoms with E-state index in [4.69, 9.17) is 4.74 Å². The summed E-state index contributed by atoms with van der Waals surface area (Å²) in [4.78, 5) is 26.3. The van der Waals surface area contributed by atoms with Crippen LogP contribution in [-0.4, -0.2) is 17.9 Å². The summed E-state index contributed by atoms with van der Waals surface area (Å²) < 4.78 is 6.27. The maximum Gasteiger partial charge on any atom is 0.312 e. The molecule has 5 unspecified atom stereocenters. The molecular formula is C30H46O3. The van der Waals surface area contributed by atoms with Crippen LogP contribution < -0.4 is 0 Å². The van der Waals surface area contributed by atoms with Gasteiger partial charge in [-0.05, 0) is 91.8 Å². The first kappa shape index (κ1) is 22.6. The minimum absolute atomic E-state index is 0.0910. The van der Waals surface area contributed by atoms with Gasteiger partial charge in [0.1, 0.15) is 11.9 Å². The van der Waals surface area contributed by atoms with Gasteiger partial charge in [-0.2, -0.15) is 0 Å². The van der Waals surface area contributed by atoms with E-state index in [9.17, 15) is 9.59 Å².